The number of aromatic nitrogens is 2. The van der Waals surface area contributed by atoms with Gasteiger partial charge in [0.2, 0.25) is 5.91 Å². The zero-order valence-electron chi connectivity index (χ0n) is 24.4. The normalized spacial score (nSPS) is 21.2. The molecule has 4 heterocycles. The van der Waals surface area contributed by atoms with Gasteiger partial charge in [0.25, 0.3) is 11.8 Å². The Hall–Kier alpha value is -4.32. The van der Waals surface area contributed by atoms with Gasteiger partial charge in [-0.05, 0) is 79.4 Å². The number of piperidine rings is 1. The SMILES string of the molecule is CC(NC(=O)c1ccns1)C(Oc1ccc(C(=O)N[C@H]2CCCN(C(=O)[C@H]3COC(=O)C3)C2)nc1)c1ccc(C2CC2)cc1. The molecule has 2 aliphatic heterocycles. The smallest absolute Gasteiger partial charge is 0.306 e. The molecule has 2 aromatic heterocycles. The first kappa shape index (κ1) is 29.7. The molecule has 0 radical (unpaired) electrons. The van der Waals surface area contributed by atoms with Crippen molar-refractivity contribution in [3.8, 4) is 5.75 Å². The zero-order valence-corrected chi connectivity index (χ0v) is 25.3. The molecule has 230 valence electrons. The molecule has 2 N–H and O–H groups in total. The van der Waals surface area contributed by atoms with Gasteiger partial charge in [-0.1, -0.05) is 24.3 Å². The van der Waals surface area contributed by atoms with Crippen LogP contribution in [-0.4, -0.2) is 69.7 Å². The van der Waals surface area contributed by atoms with Crippen molar-refractivity contribution in [2.75, 3.05) is 19.7 Å². The number of hydrogen-bond donors (Lipinski definition) is 2. The first-order chi connectivity index (χ1) is 21.3. The van der Waals surface area contributed by atoms with E-state index in [1.807, 2.05) is 19.1 Å². The van der Waals surface area contributed by atoms with Gasteiger partial charge >= 0.3 is 5.97 Å². The number of amides is 3. The van der Waals surface area contributed by atoms with Crippen LogP contribution in [0.15, 0.2) is 54.9 Å². The van der Waals surface area contributed by atoms with Gasteiger partial charge in [-0.3, -0.25) is 19.2 Å². The molecule has 44 heavy (non-hydrogen) atoms. The summed E-state index contributed by atoms with van der Waals surface area (Å²) in [5, 5.41) is 6.02. The first-order valence-electron chi connectivity index (χ1n) is 15.0. The van der Waals surface area contributed by atoms with Crippen molar-refractivity contribution in [2.24, 2.45) is 5.92 Å². The second-order valence-corrected chi connectivity index (χ2v) is 12.5. The van der Waals surface area contributed by atoms with Crippen LogP contribution in [0.1, 0.15) is 82.3 Å². The molecule has 1 aliphatic carbocycles. The maximum atomic E-state index is 13.0. The number of likely N-dealkylation sites (tertiary alicyclic amines) is 1. The molecule has 6 rings (SSSR count). The summed E-state index contributed by atoms with van der Waals surface area (Å²) < 4.78 is 15.3. The molecule has 0 spiro atoms. The molecule has 2 unspecified atom stereocenters. The Morgan fingerprint density at radius 2 is 1.89 bits per heavy atom. The highest BCUT2D eigenvalue weighted by Gasteiger charge is 2.35. The Morgan fingerprint density at radius 3 is 2.55 bits per heavy atom. The molecule has 3 aliphatic rings. The van der Waals surface area contributed by atoms with Crippen LogP contribution >= 0.6 is 11.5 Å². The third-order valence-electron chi connectivity index (χ3n) is 8.30. The molecular formula is C32H35N5O6S. The number of hydrogen-bond acceptors (Lipinski definition) is 9. The minimum Gasteiger partial charge on any atom is -0.482 e. The molecule has 0 bridgehead atoms. The predicted molar refractivity (Wildman–Crippen MR) is 161 cm³/mol. The number of carbonyl (C=O) groups excluding carboxylic acids is 4. The van der Waals surface area contributed by atoms with Crippen molar-refractivity contribution < 1.29 is 28.7 Å². The van der Waals surface area contributed by atoms with E-state index in [4.69, 9.17) is 9.47 Å². The zero-order chi connectivity index (χ0) is 30.6. The molecule has 4 atom stereocenters. The van der Waals surface area contributed by atoms with Gasteiger partial charge in [0.15, 0.2) is 0 Å². The Labute approximate surface area is 259 Å². The summed E-state index contributed by atoms with van der Waals surface area (Å²) in [7, 11) is 0. The summed E-state index contributed by atoms with van der Waals surface area (Å²) in [6.45, 7) is 2.98. The summed E-state index contributed by atoms with van der Waals surface area (Å²) in [6.07, 6.45) is 6.61. The third-order valence-corrected chi connectivity index (χ3v) is 9.04. The number of carbonyl (C=O) groups is 4. The quantitative estimate of drug-likeness (QED) is 0.329. The van der Waals surface area contributed by atoms with Gasteiger partial charge in [0.05, 0.1) is 24.6 Å². The van der Waals surface area contributed by atoms with E-state index in [1.54, 1.807) is 29.3 Å². The van der Waals surface area contributed by atoms with E-state index in [9.17, 15) is 19.2 Å². The van der Waals surface area contributed by atoms with Crippen LogP contribution in [0.3, 0.4) is 0 Å². The van der Waals surface area contributed by atoms with Crippen LogP contribution in [0.2, 0.25) is 0 Å². The van der Waals surface area contributed by atoms with Gasteiger partial charge in [0.1, 0.15) is 29.0 Å². The van der Waals surface area contributed by atoms with Crippen molar-refractivity contribution >= 4 is 35.2 Å². The van der Waals surface area contributed by atoms with E-state index in [0.29, 0.717) is 29.6 Å². The lowest BCUT2D eigenvalue weighted by atomic mass is 10.00. The van der Waals surface area contributed by atoms with Gasteiger partial charge in [-0.15, -0.1) is 0 Å². The number of ether oxygens (including phenoxy) is 2. The Balaban J connectivity index is 1.09. The fourth-order valence-corrected chi connectivity index (χ4v) is 6.23. The lowest BCUT2D eigenvalue weighted by Gasteiger charge is -2.34. The number of benzene rings is 1. The highest BCUT2D eigenvalue weighted by atomic mass is 32.1. The highest BCUT2D eigenvalue weighted by molar-refractivity contribution is 7.08. The summed E-state index contributed by atoms with van der Waals surface area (Å²) in [4.78, 5) is 56.7. The fraction of sp³-hybridized carbons (Fsp3) is 0.438. The standard InChI is InChI=1S/C32H35N5O6S/c1-19(35-31(40)27-12-13-34-44-27)29(22-8-6-21(7-9-22)20-4-5-20)43-25-10-11-26(33-16-25)30(39)36-24-3-2-14-37(17-24)32(41)23-15-28(38)42-18-23/h6-13,16,19-20,23-24,29H,2-5,14-15,17-18H2,1H3,(H,35,40)(H,36,39)/t19?,23-,24+,29?/m1/s1. The lowest BCUT2D eigenvalue weighted by Crippen LogP contribution is -2.51. The fourth-order valence-electron chi connectivity index (χ4n) is 5.73. The maximum Gasteiger partial charge on any atom is 0.306 e. The highest BCUT2D eigenvalue weighted by Crippen LogP contribution is 2.40. The molecular weight excluding hydrogens is 582 g/mol. The molecule has 1 aromatic carbocycles. The topological polar surface area (TPSA) is 140 Å². The van der Waals surface area contributed by atoms with Crippen LogP contribution in [0.4, 0.5) is 0 Å². The number of nitrogens with one attached hydrogen (secondary N) is 2. The minimum atomic E-state index is -0.507. The maximum absolute atomic E-state index is 13.0. The van der Waals surface area contributed by atoms with Crippen molar-refractivity contribution in [3.63, 3.8) is 0 Å². The molecule has 3 fully saturated rings. The summed E-state index contributed by atoms with van der Waals surface area (Å²) >= 11 is 1.13. The Morgan fingerprint density at radius 1 is 1.07 bits per heavy atom. The van der Waals surface area contributed by atoms with Crippen LogP contribution in [-0.2, 0) is 14.3 Å². The second-order valence-electron chi connectivity index (χ2n) is 11.7. The minimum absolute atomic E-state index is 0.106. The summed E-state index contributed by atoms with van der Waals surface area (Å²) in [6, 6.07) is 12.7. The van der Waals surface area contributed by atoms with Gasteiger partial charge < -0.3 is 25.0 Å². The van der Waals surface area contributed by atoms with E-state index in [1.165, 1.54) is 24.6 Å². The number of pyridine rings is 1. The number of nitrogens with zero attached hydrogens (tertiary/aromatic N) is 3. The Kier molecular flexibility index (Phi) is 8.87. The number of esters is 1. The molecule has 3 amide bonds. The van der Waals surface area contributed by atoms with E-state index in [0.717, 1.165) is 29.9 Å². The lowest BCUT2D eigenvalue weighted by molar-refractivity contribution is -0.138. The molecule has 11 nitrogen and oxygen atoms in total. The summed E-state index contributed by atoms with van der Waals surface area (Å²) in [5.74, 6) is -0.386. The van der Waals surface area contributed by atoms with Gasteiger partial charge in [-0.2, -0.15) is 0 Å². The van der Waals surface area contributed by atoms with Crippen molar-refractivity contribution in [2.45, 2.75) is 63.1 Å². The number of rotatable bonds is 10. The van der Waals surface area contributed by atoms with Gasteiger partial charge in [-0.25, -0.2) is 9.36 Å². The van der Waals surface area contributed by atoms with E-state index < -0.39 is 12.0 Å². The second kappa shape index (κ2) is 13.1. The Bertz CT molecular complexity index is 1490. The van der Waals surface area contributed by atoms with Crippen molar-refractivity contribution in [3.05, 3.63) is 76.6 Å². The average molecular weight is 618 g/mol. The first-order valence-corrected chi connectivity index (χ1v) is 15.8. The van der Waals surface area contributed by atoms with Crippen LogP contribution < -0.4 is 15.4 Å². The van der Waals surface area contributed by atoms with Crippen LogP contribution in [0, 0.1) is 5.92 Å². The predicted octanol–water partition coefficient (Wildman–Crippen LogP) is 3.64. The van der Waals surface area contributed by atoms with Crippen LogP contribution in [0.5, 0.6) is 5.75 Å². The molecule has 3 aromatic rings. The monoisotopic (exact) mass is 617 g/mol. The molecule has 2 saturated heterocycles. The average Bonchev–Trinajstić information content (AvgIpc) is 3.55. The van der Waals surface area contributed by atoms with E-state index in [-0.39, 0.29) is 54.5 Å². The van der Waals surface area contributed by atoms with Crippen molar-refractivity contribution in [1.29, 1.82) is 0 Å². The van der Waals surface area contributed by atoms with Gasteiger partial charge in [0, 0.05) is 25.3 Å². The van der Waals surface area contributed by atoms with E-state index in [2.05, 4.69) is 32.1 Å². The third kappa shape index (κ3) is 7.07. The molecule has 12 heteroatoms. The largest absolute Gasteiger partial charge is 0.482 e. The number of cyclic esters (lactones) is 1. The molecule has 1 saturated carbocycles. The van der Waals surface area contributed by atoms with Crippen molar-refractivity contribution in [1.82, 2.24) is 24.9 Å². The summed E-state index contributed by atoms with van der Waals surface area (Å²) in [5.41, 5.74) is 2.45. The van der Waals surface area contributed by atoms with E-state index >= 15 is 0 Å². The van der Waals surface area contributed by atoms with Crippen LogP contribution in [0.25, 0.3) is 0 Å².